The van der Waals surface area contributed by atoms with Crippen LogP contribution in [0.4, 0.5) is 0 Å². The van der Waals surface area contributed by atoms with Gasteiger partial charge in [0.15, 0.2) is 11.5 Å². The number of halogens is 2. The molecule has 8 heteroatoms. The van der Waals surface area contributed by atoms with Crippen molar-refractivity contribution in [1.29, 1.82) is 0 Å². The van der Waals surface area contributed by atoms with Gasteiger partial charge in [0, 0.05) is 34.6 Å². The molecule has 2 aromatic carbocycles. The van der Waals surface area contributed by atoms with Crippen LogP contribution in [-0.4, -0.2) is 35.6 Å². The molecule has 0 saturated heterocycles. The van der Waals surface area contributed by atoms with E-state index in [1.807, 2.05) is 25.1 Å². The molecule has 0 radical (unpaired) electrons. The van der Waals surface area contributed by atoms with Crippen molar-refractivity contribution in [2.75, 3.05) is 6.79 Å². The van der Waals surface area contributed by atoms with Crippen molar-refractivity contribution in [2.24, 2.45) is 0 Å². The second-order valence-corrected chi connectivity index (χ2v) is 9.64. The molecule has 1 saturated carbocycles. The van der Waals surface area contributed by atoms with Crippen molar-refractivity contribution in [3.05, 3.63) is 57.6 Å². The molecule has 2 aromatic rings. The first-order chi connectivity index (χ1) is 16.5. The third-order valence-corrected chi connectivity index (χ3v) is 7.25. The Bertz CT molecular complexity index is 1020. The van der Waals surface area contributed by atoms with Crippen molar-refractivity contribution in [3.63, 3.8) is 0 Å². The van der Waals surface area contributed by atoms with Crippen LogP contribution in [0, 0.1) is 0 Å². The monoisotopic (exact) mass is 504 g/mol. The van der Waals surface area contributed by atoms with E-state index in [1.54, 1.807) is 23.1 Å². The summed E-state index contributed by atoms with van der Waals surface area (Å²) in [5.41, 5.74) is 1.62. The molecule has 2 aliphatic rings. The molecule has 1 aliphatic heterocycles. The van der Waals surface area contributed by atoms with E-state index in [4.69, 9.17) is 32.7 Å². The van der Waals surface area contributed by atoms with Crippen LogP contribution >= 0.6 is 23.2 Å². The average Bonchev–Trinajstić information content (AvgIpc) is 3.50. The molecule has 1 heterocycles. The van der Waals surface area contributed by atoms with Crippen LogP contribution in [0.1, 0.15) is 56.6 Å². The number of nitrogens with one attached hydrogen (secondary N) is 1. The second kappa shape index (κ2) is 11.3. The highest BCUT2D eigenvalue weighted by atomic mass is 35.5. The van der Waals surface area contributed by atoms with E-state index in [0.29, 0.717) is 39.9 Å². The number of carbonyl (C=O) groups is 2. The summed E-state index contributed by atoms with van der Waals surface area (Å²) in [5.74, 6) is 1.16. The molecule has 1 atom stereocenters. The fourth-order valence-corrected chi connectivity index (χ4v) is 5.15. The van der Waals surface area contributed by atoms with Crippen molar-refractivity contribution in [3.8, 4) is 11.5 Å². The van der Waals surface area contributed by atoms with Gasteiger partial charge in [-0.15, -0.1) is 0 Å². The average molecular weight is 505 g/mol. The SMILES string of the molecule is CCC(C(=O)NC1CCCC1)N(Cc1c(Cl)cccc1Cl)C(=O)CCc1ccc2c(c1)OCO2. The Morgan fingerprint density at radius 2 is 1.79 bits per heavy atom. The predicted octanol–water partition coefficient (Wildman–Crippen LogP) is 5.52. The van der Waals surface area contributed by atoms with Crippen molar-refractivity contribution < 1.29 is 19.1 Å². The normalized spacial score (nSPS) is 15.9. The summed E-state index contributed by atoms with van der Waals surface area (Å²) in [5, 5.41) is 4.11. The molecule has 6 nitrogen and oxygen atoms in total. The zero-order chi connectivity index (χ0) is 24.1. The lowest BCUT2D eigenvalue weighted by Gasteiger charge is -2.32. The third kappa shape index (κ3) is 5.78. The minimum Gasteiger partial charge on any atom is -0.454 e. The highest BCUT2D eigenvalue weighted by molar-refractivity contribution is 6.36. The number of aryl methyl sites for hydroxylation is 1. The zero-order valence-corrected chi connectivity index (χ0v) is 20.8. The Labute approximate surface area is 210 Å². The van der Waals surface area contributed by atoms with Crippen LogP contribution in [0.25, 0.3) is 0 Å². The fourth-order valence-electron chi connectivity index (χ4n) is 4.63. The number of benzene rings is 2. The van der Waals surface area contributed by atoms with Gasteiger partial charge in [-0.1, -0.05) is 55.1 Å². The molecule has 1 aliphatic carbocycles. The molecule has 4 rings (SSSR count). The summed E-state index contributed by atoms with van der Waals surface area (Å²) >= 11 is 12.8. The van der Waals surface area contributed by atoms with Crippen LogP contribution in [0.2, 0.25) is 10.0 Å². The second-order valence-electron chi connectivity index (χ2n) is 8.82. The van der Waals surface area contributed by atoms with Gasteiger partial charge in [0.25, 0.3) is 0 Å². The van der Waals surface area contributed by atoms with Gasteiger partial charge < -0.3 is 19.7 Å². The van der Waals surface area contributed by atoms with Gasteiger partial charge in [-0.2, -0.15) is 0 Å². The van der Waals surface area contributed by atoms with E-state index in [-0.39, 0.29) is 37.6 Å². The van der Waals surface area contributed by atoms with Gasteiger partial charge in [-0.3, -0.25) is 9.59 Å². The minimum atomic E-state index is -0.600. The van der Waals surface area contributed by atoms with Crippen LogP contribution < -0.4 is 14.8 Å². The molecule has 0 aromatic heterocycles. The first-order valence-electron chi connectivity index (χ1n) is 11.9. The van der Waals surface area contributed by atoms with Gasteiger partial charge in [0.05, 0.1) is 0 Å². The van der Waals surface area contributed by atoms with E-state index in [9.17, 15) is 9.59 Å². The number of amides is 2. The maximum absolute atomic E-state index is 13.5. The van der Waals surface area contributed by atoms with Gasteiger partial charge >= 0.3 is 0 Å². The maximum Gasteiger partial charge on any atom is 0.243 e. The third-order valence-electron chi connectivity index (χ3n) is 6.54. The van der Waals surface area contributed by atoms with Crippen molar-refractivity contribution >= 4 is 35.0 Å². The lowest BCUT2D eigenvalue weighted by Crippen LogP contribution is -2.51. The number of hydrogen-bond donors (Lipinski definition) is 1. The minimum absolute atomic E-state index is 0.117. The molecule has 1 unspecified atom stereocenters. The first-order valence-corrected chi connectivity index (χ1v) is 12.6. The van der Waals surface area contributed by atoms with Crippen molar-refractivity contribution in [1.82, 2.24) is 10.2 Å². The van der Waals surface area contributed by atoms with E-state index >= 15 is 0 Å². The maximum atomic E-state index is 13.5. The summed E-state index contributed by atoms with van der Waals surface area (Å²) in [6.07, 6.45) is 5.46. The molecule has 182 valence electrons. The number of nitrogens with zero attached hydrogens (tertiary/aromatic N) is 1. The van der Waals surface area contributed by atoms with Gasteiger partial charge in [0.1, 0.15) is 6.04 Å². The molecular weight excluding hydrogens is 475 g/mol. The Balaban J connectivity index is 1.52. The largest absolute Gasteiger partial charge is 0.454 e. The van der Waals surface area contributed by atoms with Crippen LogP contribution in [0.5, 0.6) is 11.5 Å². The highest BCUT2D eigenvalue weighted by Crippen LogP contribution is 2.33. The Kier molecular flexibility index (Phi) is 8.22. The molecular formula is C26H30Cl2N2O4. The number of carbonyl (C=O) groups excluding carboxylic acids is 2. The summed E-state index contributed by atoms with van der Waals surface area (Å²) in [4.78, 5) is 28.4. The van der Waals surface area contributed by atoms with Crippen LogP contribution in [-0.2, 0) is 22.6 Å². The van der Waals surface area contributed by atoms with Crippen molar-refractivity contribution in [2.45, 2.75) is 70.5 Å². The Hall–Kier alpha value is -2.44. The number of ether oxygens (including phenoxy) is 2. The summed E-state index contributed by atoms with van der Waals surface area (Å²) in [7, 11) is 0. The van der Waals surface area contributed by atoms with E-state index < -0.39 is 6.04 Å². The lowest BCUT2D eigenvalue weighted by atomic mass is 10.0. The van der Waals surface area contributed by atoms with Gasteiger partial charge in [-0.05, 0) is 55.5 Å². The van der Waals surface area contributed by atoms with Crippen LogP contribution in [0.15, 0.2) is 36.4 Å². The smallest absolute Gasteiger partial charge is 0.243 e. The summed E-state index contributed by atoms with van der Waals surface area (Å²) in [6.45, 7) is 2.30. The highest BCUT2D eigenvalue weighted by Gasteiger charge is 2.31. The fraction of sp³-hybridized carbons (Fsp3) is 0.462. The molecule has 0 spiro atoms. The number of hydrogen-bond acceptors (Lipinski definition) is 4. The summed E-state index contributed by atoms with van der Waals surface area (Å²) < 4.78 is 10.8. The first kappa shape index (κ1) is 24.7. The molecule has 1 fully saturated rings. The van der Waals surface area contributed by atoms with Gasteiger partial charge in [-0.25, -0.2) is 0 Å². The van der Waals surface area contributed by atoms with Crippen LogP contribution in [0.3, 0.4) is 0 Å². The Morgan fingerprint density at radius 3 is 2.50 bits per heavy atom. The van der Waals surface area contributed by atoms with E-state index in [1.165, 1.54) is 0 Å². The quantitative estimate of drug-likeness (QED) is 0.487. The number of rotatable bonds is 9. The van der Waals surface area contributed by atoms with E-state index in [0.717, 1.165) is 31.2 Å². The Morgan fingerprint density at radius 1 is 1.09 bits per heavy atom. The zero-order valence-electron chi connectivity index (χ0n) is 19.3. The standard InChI is InChI=1S/C26H30Cl2N2O4/c1-2-22(26(32)29-18-6-3-4-7-18)30(15-19-20(27)8-5-9-21(19)28)25(31)13-11-17-10-12-23-24(14-17)34-16-33-23/h5,8-10,12,14,18,22H,2-4,6-7,11,13,15-16H2,1H3,(H,29,32). The molecule has 1 N–H and O–H groups in total. The van der Waals surface area contributed by atoms with E-state index in [2.05, 4.69) is 5.32 Å². The lowest BCUT2D eigenvalue weighted by molar-refractivity contribution is -0.141. The topological polar surface area (TPSA) is 67.9 Å². The van der Waals surface area contributed by atoms with Gasteiger partial charge in [0.2, 0.25) is 18.6 Å². The summed E-state index contributed by atoms with van der Waals surface area (Å²) in [6, 6.07) is 10.5. The predicted molar refractivity (Wildman–Crippen MR) is 132 cm³/mol. The number of fused-ring (bicyclic) bond motifs is 1. The molecule has 34 heavy (non-hydrogen) atoms. The molecule has 0 bridgehead atoms. The molecule has 2 amide bonds.